The number of hydrogen-bond acceptors (Lipinski definition) is 6. The number of H-pyrrole nitrogens is 1. The van der Waals surface area contributed by atoms with Crippen molar-refractivity contribution in [3.63, 3.8) is 0 Å². The number of tetrazole rings is 1. The molecule has 0 aliphatic rings. The van der Waals surface area contributed by atoms with Gasteiger partial charge in [-0.1, -0.05) is 61.9 Å². The van der Waals surface area contributed by atoms with Gasteiger partial charge in [0.05, 0.1) is 0 Å². The van der Waals surface area contributed by atoms with E-state index >= 15 is 0 Å². The molecule has 0 bridgehead atoms. The summed E-state index contributed by atoms with van der Waals surface area (Å²) in [6, 6.07) is 14.5. The number of carboxylic acid groups (broad SMARTS) is 1. The zero-order chi connectivity index (χ0) is 25.9. The average Bonchev–Trinajstić information content (AvgIpc) is 3.41. The SMILES string of the molecule is CCCCC(=O)N(Cc1ccc(-c2ccccc2-c2nnn[nH]2)cc1)[C@@H](CCCNC(=N)N)C(=O)O.Cl. The van der Waals surface area contributed by atoms with Gasteiger partial charge >= 0.3 is 5.97 Å². The maximum atomic E-state index is 13.0. The summed E-state index contributed by atoms with van der Waals surface area (Å²) in [5.74, 6) is -0.838. The molecule has 12 heteroatoms. The number of nitrogens with one attached hydrogen (secondary N) is 3. The van der Waals surface area contributed by atoms with Crippen molar-refractivity contribution in [2.24, 2.45) is 5.73 Å². The number of nitrogens with zero attached hydrogens (tertiary/aromatic N) is 4. The smallest absolute Gasteiger partial charge is 0.326 e. The molecule has 0 unspecified atom stereocenters. The van der Waals surface area contributed by atoms with Crippen molar-refractivity contribution in [3.05, 3.63) is 54.1 Å². The second-order valence-electron chi connectivity index (χ2n) is 8.45. The van der Waals surface area contributed by atoms with E-state index in [9.17, 15) is 14.7 Å². The molecule has 1 amide bonds. The van der Waals surface area contributed by atoms with E-state index in [1.807, 2.05) is 55.5 Å². The Morgan fingerprint density at radius 2 is 1.84 bits per heavy atom. The van der Waals surface area contributed by atoms with E-state index < -0.39 is 12.0 Å². The number of carbonyl (C=O) groups excluding carboxylic acids is 1. The van der Waals surface area contributed by atoms with Crippen LogP contribution in [0.15, 0.2) is 48.5 Å². The van der Waals surface area contributed by atoms with E-state index in [0.717, 1.165) is 28.7 Å². The summed E-state index contributed by atoms with van der Waals surface area (Å²) in [5, 5.41) is 34.0. The lowest BCUT2D eigenvalue weighted by atomic mass is 9.98. The van der Waals surface area contributed by atoms with Crippen LogP contribution in [0.4, 0.5) is 0 Å². The maximum absolute atomic E-state index is 13.0. The van der Waals surface area contributed by atoms with Gasteiger partial charge < -0.3 is 21.1 Å². The van der Waals surface area contributed by atoms with Crippen LogP contribution in [0.3, 0.4) is 0 Å². The molecule has 0 radical (unpaired) electrons. The fraction of sp³-hybridized carbons (Fsp3) is 0.360. The van der Waals surface area contributed by atoms with E-state index in [-0.39, 0.29) is 37.2 Å². The second-order valence-corrected chi connectivity index (χ2v) is 8.45. The van der Waals surface area contributed by atoms with Gasteiger partial charge in [-0.25, -0.2) is 9.89 Å². The first-order valence-corrected chi connectivity index (χ1v) is 11.9. The molecule has 0 aliphatic carbocycles. The Bertz CT molecular complexity index is 1160. The number of carboxylic acids is 1. The Hall–Kier alpha value is -3.99. The number of aliphatic carboxylic acids is 1. The first-order chi connectivity index (χ1) is 17.4. The van der Waals surface area contributed by atoms with Crippen LogP contribution in [0.25, 0.3) is 22.5 Å². The van der Waals surface area contributed by atoms with E-state index in [0.29, 0.717) is 31.6 Å². The third kappa shape index (κ3) is 8.28. The van der Waals surface area contributed by atoms with Gasteiger partial charge in [-0.3, -0.25) is 10.2 Å². The van der Waals surface area contributed by atoms with Crippen molar-refractivity contribution in [1.82, 2.24) is 30.8 Å². The van der Waals surface area contributed by atoms with Gasteiger partial charge in [-0.2, -0.15) is 0 Å². The van der Waals surface area contributed by atoms with Gasteiger partial charge in [-0.15, -0.1) is 17.5 Å². The molecule has 0 saturated carbocycles. The summed E-state index contributed by atoms with van der Waals surface area (Å²) in [4.78, 5) is 26.6. The zero-order valence-corrected chi connectivity index (χ0v) is 21.5. The Morgan fingerprint density at radius 3 is 2.43 bits per heavy atom. The minimum absolute atomic E-state index is 0. The fourth-order valence-corrected chi connectivity index (χ4v) is 3.98. The molecule has 198 valence electrons. The molecule has 3 aromatic rings. The lowest BCUT2D eigenvalue weighted by Crippen LogP contribution is -2.45. The van der Waals surface area contributed by atoms with Crippen LogP contribution in [-0.2, 0) is 16.1 Å². The standard InChI is InChI=1S/C25H32N8O3.ClH/c1-2-3-10-22(34)33(21(24(35)36)9-6-15-28-25(26)27)16-17-11-13-18(14-12-17)19-7-4-5-8-20(19)23-29-31-32-30-23;/h4-5,7-8,11-14,21H,2-3,6,9-10,15-16H2,1H3,(H,35,36)(H4,26,27,28)(H,29,30,31,32);1H/t21-;/m0./s1. The van der Waals surface area contributed by atoms with Gasteiger partial charge in [0, 0.05) is 25.1 Å². The van der Waals surface area contributed by atoms with Crippen LogP contribution in [0.5, 0.6) is 0 Å². The minimum Gasteiger partial charge on any atom is -0.480 e. The molecule has 0 saturated heterocycles. The lowest BCUT2D eigenvalue weighted by Gasteiger charge is -2.29. The van der Waals surface area contributed by atoms with Crippen LogP contribution in [-0.4, -0.2) is 61.1 Å². The number of guanidine groups is 1. The molecule has 0 spiro atoms. The summed E-state index contributed by atoms with van der Waals surface area (Å²) in [6.45, 7) is 2.55. The molecule has 1 aromatic heterocycles. The number of nitrogens with two attached hydrogens (primary N) is 1. The quantitative estimate of drug-likeness (QED) is 0.128. The fourth-order valence-electron chi connectivity index (χ4n) is 3.98. The van der Waals surface area contributed by atoms with Crippen LogP contribution in [0.1, 0.15) is 44.6 Å². The molecule has 11 nitrogen and oxygen atoms in total. The molecular weight excluding hydrogens is 496 g/mol. The van der Waals surface area contributed by atoms with Crippen molar-refractivity contribution in [2.45, 2.75) is 51.6 Å². The number of aromatic amines is 1. The van der Waals surface area contributed by atoms with Crippen molar-refractivity contribution in [1.29, 1.82) is 5.41 Å². The Kier molecular flexibility index (Phi) is 11.5. The third-order valence-electron chi connectivity index (χ3n) is 5.84. The largest absolute Gasteiger partial charge is 0.480 e. The van der Waals surface area contributed by atoms with Crippen LogP contribution in [0, 0.1) is 5.41 Å². The minimum atomic E-state index is -1.05. The highest BCUT2D eigenvalue weighted by atomic mass is 35.5. The number of unbranched alkanes of at least 4 members (excludes halogenated alkanes) is 1. The Morgan fingerprint density at radius 1 is 1.14 bits per heavy atom. The molecule has 3 rings (SSSR count). The van der Waals surface area contributed by atoms with Crippen LogP contribution < -0.4 is 11.1 Å². The molecule has 37 heavy (non-hydrogen) atoms. The van der Waals surface area contributed by atoms with E-state index in [1.54, 1.807) is 0 Å². The van der Waals surface area contributed by atoms with Gasteiger partial charge in [0.15, 0.2) is 11.8 Å². The van der Waals surface area contributed by atoms with Gasteiger partial charge in [-0.05, 0) is 46.4 Å². The molecule has 2 aromatic carbocycles. The zero-order valence-electron chi connectivity index (χ0n) is 20.7. The van der Waals surface area contributed by atoms with Gasteiger partial charge in [0.25, 0.3) is 0 Å². The van der Waals surface area contributed by atoms with Gasteiger partial charge in [0.1, 0.15) is 6.04 Å². The molecule has 1 heterocycles. The van der Waals surface area contributed by atoms with Crippen LogP contribution in [0.2, 0.25) is 0 Å². The Balaban J connectivity index is 0.00000481. The summed E-state index contributed by atoms with van der Waals surface area (Å²) < 4.78 is 0. The molecule has 0 aliphatic heterocycles. The highest BCUT2D eigenvalue weighted by Gasteiger charge is 2.29. The van der Waals surface area contributed by atoms with E-state index in [2.05, 4.69) is 25.9 Å². The highest BCUT2D eigenvalue weighted by Crippen LogP contribution is 2.30. The molecule has 6 N–H and O–H groups in total. The predicted molar refractivity (Wildman–Crippen MR) is 143 cm³/mol. The third-order valence-corrected chi connectivity index (χ3v) is 5.84. The number of aromatic nitrogens is 4. The summed E-state index contributed by atoms with van der Waals surface area (Å²) in [5.41, 5.74) is 8.88. The molecule has 1 atom stereocenters. The number of carbonyl (C=O) groups is 2. The average molecular weight is 529 g/mol. The Labute approximate surface area is 221 Å². The lowest BCUT2D eigenvalue weighted by molar-refractivity contribution is -0.151. The second kappa shape index (κ2) is 14.5. The monoisotopic (exact) mass is 528 g/mol. The topological polar surface area (TPSA) is 174 Å². The first-order valence-electron chi connectivity index (χ1n) is 11.9. The van der Waals surface area contributed by atoms with Crippen molar-refractivity contribution in [3.8, 4) is 22.5 Å². The number of benzene rings is 2. The predicted octanol–water partition coefficient (Wildman–Crippen LogP) is 3.19. The van der Waals surface area contributed by atoms with Gasteiger partial charge in [0.2, 0.25) is 5.91 Å². The van der Waals surface area contributed by atoms with Crippen molar-refractivity contribution >= 4 is 30.2 Å². The normalized spacial score (nSPS) is 11.3. The summed E-state index contributed by atoms with van der Waals surface area (Å²) in [7, 11) is 0. The molecular formula is C25H33ClN8O3. The molecule has 0 fully saturated rings. The maximum Gasteiger partial charge on any atom is 0.326 e. The number of amides is 1. The van der Waals surface area contributed by atoms with Crippen LogP contribution >= 0.6 is 12.4 Å². The van der Waals surface area contributed by atoms with Crippen molar-refractivity contribution in [2.75, 3.05) is 6.54 Å². The number of halogens is 1. The van der Waals surface area contributed by atoms with E-state index in [4.69, 9.17) is 11.1 Å². The summed E-state index contributed by atoms with van der Waals surface area (Å²) in [6.07, 6.45) is 2.54. The highest BCUT2D eigenvalue weighted by molar-refractivity contribution is 5.85. The van der Waals surface area contributed by atoms with E-state index in [1.165, 1.54) is 4.90 Å². The number of rotatable bonds is 13. The van der Waals surface area contributed by atoms with Crippen molar-refractivity contribution < 1.29 is 14.7 Å². The number of hydrogen-bond donors (Lipinski definition) is 5. The summed E-state index contributed by atoms with van der Waals surface area (Å²) >= 11 is 0. The first kappa shape index (κ1) is 29.2.